The molecule has 4 heteroatoms. The van der Waals surface area contributed by atoms with E-state index in [0.29, 0.717) is 5.91 Å². The zero-order valence-electron chi connectivity index (χ0n) is 7.96. The van der Waals surface area contributed by atoms with Gasteiger partial charge in [-0.05, 0) is 12.8 Å². The average Bonchev–Trinajstić information content (AvgIpc) is 2.20. The van der Waals surface area contributed by atoms with Crippen LogP contribution in [0, 0.1) is 0 Å². The molecule has 1 N–H and O–H groups in total. The largest absolute Gasteiger partial charge is 0.314 e. The van der Waals surface area contributed by atoms with Gasteiger partial charge in [0.15, 0.2) is 0 Å². The van der Waals surface area contributed by atoms with Crippen molar-refractivity contribution >= 4 is 5.91 Å². The highest BCUT2D eigenvalue weighted by molar-refractivity contribution is 5.76. The van der Waals surface area contributed by atoms with Gasteiger partial charge in [-0.2, -0.15) is 0 Å². The van der Waals surface area contributed by atoms with E-state index in [1.165, 1.54) is 0 Å². The molecular weight excluding hydrogens is 166 g/mol. The van der Waals surface area contributed by atoms with Crippen molar-refractivity contribution in [3.8, 4) is 0 Å². The lowest BCUT2D eigenvalue weighted by Gasteiger charge is -2.39. The molecule has 0 spiro atoms. The monoisotopic (exact) mass is 183 g/mol. The van der Waals surface area contributed by atoms with E-state index in [0.717, 1.165) is 52.0 Å². The second-order valence-electron chi connectivity index (χ2n) is 3.68. The number of hydrogen-bond donors (Lipinski definition) is 1. The van der Waals surface area contributed by atoms with Crippen molar-refractivity contribution < 1.29 is 4.79 Å². The summed E-state index contributed by atoms with van der Waals surface area (Å²) in [5.74, 6) is 0.313. The van der Waals surface area contributed by atoms with Gasteiger partial charge in [0.25, 0.3) is 0 Å². The van der Waals surface area contributed by atoms with Crippen LogP contribution < -0.4 is 5.32 Å². The van der Waals surface area contributed by atoms with Crippen molar-refractivity contribution in [2.45, 2.75) is 19.3 Å². The van der Waals surface area contributed by atoms with Crippen molar-refractivity contribution in [3.63, 3.8) is 0 Å². The minimum Gasteiger partial charge on any atom is -0.314 e. The van der Waals surface area contributed by atoms with Gasteiger partial charge in [0.05, 0.1) is 0 Å². The van der Waals surface area contributed by atoms with Gasteiger partial charge in [-0.3, -0.25) is 9.80 Å². The van der Waals surface area contributed by atoms with Crippen molar-refractivity contribution in [1.29, 1.82) is 0 Å². The third-order valence-electron chi connectivity index (χ3n) is 2.73. The summed E-state index contributed by atoms with van der Waals surface area (Å²) in [6.45, 7) is 4.89. The lowest BCUT2D eigenvalue weighted by atomic mass is 10.1. The second kappa shape index (κ2) is 4.07. The van der Waals surface area contributed by atoms with Crippen LogP contribution in [-0.2, 0) is 4.79 Å². The molecule has 13 heavy (non-hydrogen) atoms. The summed E-state index contributed by atoms with van der Waals surface area (Å²) in [6, 6.07) is 0. The minimum atomic E-state index is 0.313. The molecule has 4 nitrogen and oxygen atoms in total. The number of nitrogens with zero attached hydrogens (tertiary/aromatic N) is 2. The Bertz CT molecular complexity index is 189. The predicted octanol–water partition coefficient (Wildman–Crippen LogP) is -0.181. The molecule has 2 aliphatic rings. The third kappa shape index (κ3) is 2.00. The molecule has 74 valence electrons. The van der Waals surface area contributed by atoms with Gasteiger partial charge in [-0.25, -0.2) is 5.01 Å². The Labute approximate surface area is 78.8 Å². The number of amides is 1. The molecule has 2 heterocycles. The molecule has 0 aromatic heterocycles. The summed E-state index contributed by atoms with van der Waals surface area (Å²) in [5, 5.41) is 7.43. The van der Waals surface area contributed by atoms with Crippen LogP contribution in [0.2, 0.25) is 0 Å². The molecule has 2 fully saturated rings. The van der Waals surface area contributed by atoms with Crippen LogP contribution in [0.4, 0.5) is 0 Å². The Morgan fingerprint density at radius 2 is 1.85 bits per heavy atom. The van der Waals surface area contributed by atoms with Crippen LogP contribution in [0.1, 0.15) is 19.3 Å². The number of carbonyl (C=O) groups excluding carboxylic acids is 1. The third-order valence-corrected chi connectivity index (χ3v) is 2.73. The molecule has 0 radical (unpaired) electrons. The van der Waals surface area contributed by atoms with E-state index in [9.17, 15) is 4.79 Å². The first-order chi connectivity index (χ1) is 6.38. The lowest BCUT2D eigenvalue weighted by molar-refractivity contribution is -0.153. The van der Waals surface area contributed by atoms with Gasteiger partial charge >= 0.3 is 0 Å². The fraction of sp³-hybridized carbons (Fsp3) is 0.889. The smallest absolute Gasteiger partial charge is 0.236 e. The Hall–Kier alpha value is -0.610. The van der Waals surface area contributed by atoms with Gasteiger partial charge in [-0.15, -0.1) is 0 Å². The van der Waals surface area contributed by atoms with E-state index in [-0.39, 0.29) is 0 Å². The second-order valence-corrected chi connectivity index (χ2v) is 3.68. The maximum atomic E-state index is 11.6. The maximum Gasteiger partial charge on any atom is 0.236 e. The van der Waals surface area contributed by atoms with E-state index in [4.69, 9.17) is 0 Å². The number of nitrogens with one attached hydrogen (secondary N) is 1. The number of hydrazine groups is 1. The molecule has 0 bridgehead atoms. The van der Waals surface area contributed by atoms with Crippen LogP contribution in [0.3, 0.4) is 0 Å². The van der Waals surface area contributed by atoms with Crippen molar-refractivity contribution in [2.24, 2.45) is 0 Å². The van der Waals surface area contributed by atoms with Gasteiger partial charge < -0.3 is 5.32 Å². The van der Waals surface area contributed by atoms with Crippen LogP contribution in [0.15, 0.2) is 0 Å². The van der Waals surface area contributed by atoms with Crippen molar-refractivity contribution in [2.75, 3.05) is 32.7 Å². The van der Waals surface area contributed by atoms with Crippen molar-refractivity contribution in [3.05, 3.63) is 0 Å². The summed E-state index contributed by atoms with van der Waals surface area (Å²) in [4.78, 5) is 11.6. The lowest BCUT2D eigenvalue weighted by Crippen LogP contribution is -2.55. The summed E-state index contributed by atoms with van der Waals surface area (Å²) in [5.41, 5.74) is 0. The molecule has 1 amide bonds. The molecule has 0 atom stereocenters. The predicted molar refractivity (Wildman–Crippen MR) is 50.0 cm³/mol. The van der Waals surface area contributed by atoms with Gasteiger partial charge in [-0.1, -0.05) is 0 Å². The Morgan fingerprint density at radius 3 is 2.54 bits per heavy atom. The Balaban J connectivity index is 1.92. The van der Waals surface area contributed by atoms with Crippen LogP contribution in [0.25, 0.3) is 0 Å². The van der Waals surface area contributed by atoms with Gasteiger partial charge in [0, 0.05) is 39.1 Å². The molecule has 0 saturated carbocycles. The highest BCUT2D eigenvalue weighted by Gasteiger charge is 2.24. The number of piperazine rings is 1. The first-order valence-electron chi connectivity index (χ1n) is 5.14. The van der Waals surface area contributed by atoms with E-state index in [2.05, 4.69) is 10.3 Å². The molecule has 0 aromatic carbocycles. The minimum absolute atomic E-state index is 0.313. The molecule has 2 aliphatic heterocycles. The normalized spacial score (nSPS) is 26.5. The highest BCUT2D eigenvalue weighted by atomic mass is 16.2. The van der Waals surface area contributed by atoms with Gasteiger partial charge in [0.1, 0.15) is 0 Å². The van der Waals surface area contributed by atoms with Crippen LogP contribution in [0.5, 0.6) is 0 Å². The fourth-order valence-corrected chi connectivity index (χ4v) is 1.99. The molecular formula is C9H17N3O. The quantitative estimate of drug-likeness (QED) is 0.612. The average molecular weight is 183 g/mol. The fourth-order valence-electron chi connectivity index (χ4n) is 1.99. The highest BCUT2D eigenvalue weighted by Crippen LogP contribution is 2.13. The molecule has 2 saturated heterocycles. The molecule has 0 aromatic rings. The van der Waals surface area contributed by atoms with E-state index in [1.807, 2.05) is 5.01 Å². The zero-order chi connectivity index (χ0) is 9.10. The topological polar surface area (TPSA) is 35.6 Å². The summed E-state index contributed by atoms with van der Waals surface area (Å²) < 4.78 is 0. The van der Waals surface area contributed by atoms with Gasteiger partial charge in [0.2, 0.25) is 5.91 Å². The standard InChI is InChI=1S/C9H17N3O/c13-9-3-1-2-6-12(9)11-7-4-10-5-8-11/h10H,1-8H2. The van der Waals surface area contributed by atoms with E-state index in [1.54, 1.807) is 0 Å². The van der Waals surface area contributed by atoms with E-state index < -0.39 is 0 Å². The maximum absolute atomic E-state index is 11.6. The first kappa shape index (κ1) is 8.97. The molecule has 2 rings (SSSR count). The SMILES string of the molecule is O=C1CCCCN1N1CCNCC1. The first-order valence-corrected chi connectivity index (χ1v) is 5.14. The summed E-state index contributed by atoms with van der Waals surface area (Å²) >= 11 is 0. The van der Waals surface area contributed by atoms with E-state index >= 15 is 0 Å². The van der Waals surface area contributed by atoms with Crippen molar-refractivity contribution in [1.82, 2.24) is 15.3 Å². The Morgan fingerprint density at radius 1 is 1.08 bits per heavy atom. The number of piperidine rings is 1. The zero-order valence-corrected chi connectivity index (χ0v) is 7.96. The number of hydrogen-bond acceptors (Lipinski definition) is 3. The Kier molecular flexibility index (Phi) is 2.80. The number of rotatable bonds is 1. The molecule has 0 unspecified atom stereocenters. The summed E-state index contributed by atoms with van der Waals surface area (Å²) in [6.07, 6.45) is 2.97. The van der Waals surface area contributed by atoms with Crippen LogP contribution >= 0.6 is 0 Å². The molecule has 0 aliphatic carbocycles. The number of carbonyl (C=O) groups is 1. The summed E-state index contributed by atoms with van der Waals surface area (Å²) in [7, 11) is 0. The van der Waals surface area contributed by atoms with Crippen LogP contribution in [-0.4, -0.2) is 48.6 Å².